The molecule has 7 heteroatoms. The number of rotatable bonds is 3. The first-order chi connectivity index (χ1) is 12.7. The van der Waals surface area contributed by atoms with Gasteiger partial charge >= 0.3 is 0 Å². The summed E-state index contributed by atoms with van der Waals surface area (Å²) in [5.74, 6) is 0.208. The molecule has 0 fully saturated rings. The minimum absolute atomic E-state index is 0.132. The number of anilines is 1. The number of halogens is 1. The summed E-state index contributed by atoms with van der Waals surface area (Å²) < 4.78 is 13.4. The summed E-state index contributed by atoms with van der Waals surface area (Å²) in [6.07, 6.45) is 1.38. The lowest BCUT2D eigenvalue weighted by Crippen LogP contribution is -2.50. The van der Waals surface area contributed by atoms with Crippen molar-refractivity contribution >= 4 is 28.5 Å². The van der Waals surface area contributed by atoms with Gasteiger partial charge in [0.05, 0.1) is 0 Å². The van der Waals surface area contributed by atoms with E-state index in [4.69, 9.17) is 0 Å². The number of nitrogens with zero attached hydrogens (tertiary/aromatic N) is 2. The minimum Gasteiger partial charge on any atom is -0.360 e. The summed E-state index contributed by atoms with van der Waals surface area (Å²) in [7, 11) is 0. The molecule has 2 aliphatic heterocycles. The van der Waals surface area contributed by atoms with Crippen molar-refractivity contribution in [1.82, 2.24) is 10.3 Å². The van der Waals surface area contributed by atoms with Gasteiger partial charge in [-0.1, -0.05) is 48.2 Å². The summed E-state index contributed by atoms with van der Waals surface area (Å²) in [5.41, 5.74) is 2.56. The maximum Gasteiger partial charge on any atom is 0.255 e. The van der Waals surface area contributed by atoms with Gasteiger partial charge in [-0.15, -0.1) is 11.7 Å². The SMILES string of the molecule is C=CCSC1=NN2[C@H](C(=O)N1)c1ccccc1N[C@H]2c1ccc(F)cc1. The van der Waals surface area contributed by atoms with Crippen LogP contribution in [0, 0.1) is 5.82 Å². The molecule has 26 heavy (non-hydrogen) atoms. The van der Waals surface area contributed by atoms with Gasteiger partial charge in [0.15, 0.2) is 11.2 Å². The number of hydrogen-bond donors (Lipinski definition) is 2. The number of carbonyl (C=O) groups is 1. The Morgan fingerprint density at radius 2 is 2.00 bits per heavy atom. The van der Waals surface area contributed by atoms with E-state index in [-0.39, 0.29) is 17.9 Å². The first kappa shape index (κ1) is 16.7. The Balaban J connectivity index is 1.79. The third kappa shape index (κ3) is 2.94. The highest BCUT2D eigenvalue weighted by atomic mass is 32.2. The Morgan fingerprint density at radius 3 is 2.77 bits per heavy atom. The van der Waals surface area contributed by atoms with Crippen molar-refractivity contribution in [3.05, 3.63) is 78.1 Å². The Labute approximate surface area is 155 Å². The van der Waals surface area contributed by atoms with E-state index in [0.717, 1.165) is 16.8 Å². The Kier molecular flexibility index (Phi) is 4.38. The number of thioether (sulfide) groups is 1. The third-order valence-corrected chi connectivity index (χ3v) is 5.14. The minimum atomic E-state index is -0.546. The number of hydrogen-bond acceptors (Lipinski definition) is 5. The van der Waals surface area contributed by atoms with E-state index in [2.05, 4.69) is 22.3 Å². The number of benzene rings is 2. The summed E-state index contributed by atoms with van der Waals surface area (Å²) in [4.78, 5) is 12.8. The van der Waals surface area contributed by atoms with Crippen molar-refractivity contribution in [2.24, 2.45) is 5.10 Å². The van der Waals surface area contributed by atoms with Crippen molar-refractivity contribution in [3.8, 4) is 0 Å². The fourth-order valence-electron chi connectivity index (χ4n) is 3.14. The Hall–Kier alpha value is -2.80. The number of amides is 1. The van der Waals surface area contributed by atoms with Crippen LogP contribution in [0.25, 0.3) is 0 Å². The van der Waals surface area contributed by atoms with E-state index >= 15 is 0 Å². The monoisotopic (exact) mass is 368 g/mol. The number of fused-ring (bicyclic) bond motifs is 3. The fraction of sp³-hybridized carbons (Fsp3) is 0.158. The van der Waals surface area contributed by atoms with Gasteiger partial charge in [0, 0.05) is 17.0 Å². The molecule has 4 rings (SSSR count). The maximum absolute atomic E-state index is 13.4. The lowest BCUT2D eigenvalue weighted by Gasteiger charge is -2.43. The Morgan fingerprint density at radius 1 is 1.23 bits per heavy atom. The number of carbonyl (C=O) groups excluding carboxylic acids is 1. The van der Waals surface area contributed by atoms with E-state index in [1.165, 1.54) is 23.9 Å². The van der Waals surface area contributed by atoms with Gasteiger partial charge in [-0.25, -0.2) is 4.39 Å². The predicted molar refractivity (Wildman–Crippen MR) is 102 cm³/mol. The van der Waals surface area contributed by atoms with Gasteiger partial charge in [-0.3, -0.25) is 9.80 Å². The highest BCUT2D eigenvalue weighted by Crippen LogP contribution is 2.42. The maximum atomic E-state index is 13.4. The number of amidine groups is 1. The van der Waals surface area contributed by atoms with E-state index in [1.807, 2.05) is 24.3 Å². The second-order valence-electron chi connectivity index (χ2n) is 5.96. The van der Waals surface area contributed by atoms with Crippen molar-refractivity contribution in [2.75, 3.05) is 11.1 Å². The Bertz CT molecular complexity index is 883. The van der Waals surface area contributed by atoms with E-state index in [9.17, 15) is 9.18 Å². The average molecular weight is 368 g/mol. The van der Waals surface area contributed by atoms with Crippen LogP contribution in [0.2, 0.25) is 0 Å². The largest absolute Gasteiger partial charge is 0.360 e. The van der Waals surface area contributed by atoms with E-state index in [0.29, 0.717) is 10.9 Å². The van der Waals surface area contributed by atoms with Gasteiger partial charge < -0.3 is 10.6 Å². The fourth-order valence-corrected chi connectivity index (χ4v) is 3.74. The van der Waals surface area contributed by atoms with Crippen LogP contribution in [0.1, 0.15) is 23.3 Å². The van der Waals surface area contributed by atoms with Crippen molar-refractivity contribution in [2.45, 2.75) is 12.2 Å². The van der Waals surface area contributed by atoms with E-state index in [1.54, 1.807) is 23.2 Å². The molecule has 132 valence electrons. The van der Waals surface area contributed by atoms with Gasteiger partial charge in [-0.05, 0) is 23.8 Å². The molecule has 2 aromatic carbocycles. The van der Waals surface area contributed by atoms with Gasteiger partial charge in [0.2, 0.25) is 0 Å². The lowest BCUT2D eigenvalue weighted by molar-refractivity contribution is -0.127. The molecule has 2 aliphatic rings. The molecule has 0 aromatic heterocycles. The zero-order valence-electron chi connectivity index (χ0n) is 13.9. The lowest BCUT2D eigenvalue weighted by atomic mass is 9.97. The van der Waals surface area contributed by atoms with Crippen LogP contribution >= 0.6 is 11.8 Å². The zero-order chi connectivity index (χ0) is 18.1. The molecule has 0 saturated carbocycles. The molecule has 2 N–H and O–H groups in total. The molecule has 2 aromatic rings. The summed E-state index contributed by atoms with van der Waals surface area (Å²) in [6.45, 7) is 3.70. The second-order valence-corrected chi connectivity index (χ2v) is 6.97. The first-order valence-corrected chi connectivity index (χ1v) is 9.18. The molecule has 2 heterocycles. The summed E-state index contributed by atoms with van der Waals surface area (Å²) >= 11 is 1.41. The molecule has 2 atom stereocenters. The normalized spacial score (nSPS) is 21.0. The van der Waals surface area contributed by atoms with Crippen LogP contribution in [0.3, 0.4) is 0 Å². The zero-order valence-corrected chi connectivity index (χ0v) is 14.7. The second kappa shape index (κ2) is 6.84. The molecule has 0 aliphatic carbocycles. The van der Waals surface area contributed by atoms with Gasteiger partial charge in [0.25, 0.3) is 5.91 Å². The van der Waals surface area contributed by atoms with Crippen LogP contribution in [0.5, 0.6) is 0 Å². The van der Waals surface area contributed by atoms with Crippen molar-refractivity contribution < 1.29 is 9.18 Å². The standard InChI is InChI=1S/C19H17FN4OS/c1-2-11-26-19-22-18(25)16-14-5-3-4-6-15(14)21-17(24(16)23-19)12-7-9-13(20)10-8-12/h2-10,16-17,21H,1,11H2,(H,22,23,25)/t16-,17+/m0/s1. The molecule has 0 radical (unpaired) electrons. The van der Waals surface area contributed by atoms with Crippen molar-refractivity contribution in [1.29, 1.82) is 0 Å². The molecular weight excluding hydrogens is 351 g/mol. The molecular formula is C19H17FN4OS. The summed E-state index contributed by atoms with van der Waals surface area (Å²) in [5, 5.41) is 13.2. The van der Waals surface area contributed by atoms with E-state index < -0.39 is 6.04 Å². The van der Waals surface area contributed by atoms with Crippen LogP contribution < -0.4 is 10.6 Å². The highest BCUT2D eigenvalue weighted by molar-refractivity contribution is 8.14. The number of hydrazone groups is 1. The average Bonchev–Trinajstić information content (AvgIpc) is 2.66. The molecule has 0 spiro atoms. The van der Waals surface area contributed by atoms with Crippen molar-refractivity contribution in [3.63, 3.8) is 0 Å². The molecule has 0 bridgehead atoms. The first-order valence-electron chi connectivity index (χ1n) is 8.20. The van der Waals surface area contributed by atoms with Crippen LogP contribution in [-0.4, -0.2) is 21.8 Å². The predicted octanol–water partition coefficient (Wildman–Crippen LogP) is 3.61. The quantitative estimate of drug-likeness (QED) is 0.813. The molecule has 0 saturated heterocycles. The van der Waals surface area contributed by atoms with Gasteiger partial charge in [-0.2, -0.15) is 0 Å². The van der Waals surface area contributed by atoms with Crippen LogP contribution in [0.15, 0.2) is 66.3 Å². The number of nitrogens with one attached hydrogen (secondary N) is 2. The third-order valence-electron chi connectivity index (χ3n) is 4.29. The molecule has 1 amide bonds. The molecule has 0 unspecified atom stereocenters. The topological polar surface area (TPSA) is 56.7 Å². The highest BCUT2D eigenvalue weighted by Gasteiger charge is 2.41. The molecule has 5 nitrogen and oxygen atoms in total. The van der Waals surface area contributed by atoms with Gasteiger partial charge in [0.1, 0.15) is 12.0 Å². The smallest absolute Gasteiger partial charge is 0.255 e. The number of para-hydroxylation sites is 1. The van der Waals surface area contributed by atoms with Crippen LogP contribution in [0.4, 0.5) is 10.1 Å². The summed E-state index contributed by atoms with van der Waals surface area (Å²) in [6, 6.07) is 13.3. The van der Waals surface area contributed by atoms with Crippen LogP contribution in [-0.2, 0) is 4.79 Å².